The van der Waals surface area contributed by atoms with Gasteiger partial charge >= 0.3 is 0 Å². The SMILES string of the molecule is C#CCC(CC)N1CCC(=O)NC2(CCCCC2)C1=O. The first kappa shape index (κ1) is 14.9. The minimum absolute atomic E-state index is 0.00156. The van der Waals surface area contributed by atoms with E-state index in [0.29, 0.717) is 19.4 Å². The Morgan fingerprint density at radius 3 is 2.65 bits per heavy atom. The summed E-state index contributed by atoms with van der Waals surface area (Å²) in [6.45, 7) is 2.54. The fraction of sp³-hybridized carbons (Fsp3) is 0.750. The van der Waals surface area contributed by atoms with Gasteiger partial charge < -0.3 is 10.2 Å². The van der Waals surface area contributed by atoms with Crippen LogP contribution in [0.4, 0.5) is 0 Å². The van der Waals surface area contributed by atoms with Crippen LogP contribution in [0.15, 0.2) is 0 Å². The van der Waals surface area contributed by atoms with E-state index in [9.17, 15) is 9.59 Å². The Bertz CT molecular complexity index is 419. The van der Waals surface area contributed by atoms with E-state index in [-0.39, 0.29) is 17.9 Å². The highest BCUT2D eigenvalue weighted by molar-refractivity contribution is 5.93. The number of amides is 2. The number of hydrogen-bond acceptors (Lipinski definition) is 2. The van der Waals surface area contributed by atoms with Gasteiger partial charge in [-0.25, -0.2) is 0 Å². The zero-order valence-electron chi connectivity index (χ0n) is 12.3. The lowest BCUT2D eigenvalue weighted by molar-refractivity contribution is -0.142. The number of carbonyl (C=O) groups is 2. The fourth-order valence-electron chi connectivity index (χ4n) is 3.43. The molecule has 1 saturated heterocycles. The van der Waals surface area contributed by atoms with Gasteiger partial charge in [-0.2, -0.15) is 0 Å². The molecule has 4 heteroatoms. The van der Waals surface area contributed by atoms with Crippen molar-refractivity contribution in [2.45, 2.75) is 69.9 Å². The van der Waals surface area contributed by atoms with Gasteiger partial charge in [-0.3, -0.25) is 9.59 Å². The third-order valence-electron chi connectivity index (χ3n) is 4.60. The highest BCUT2D eigenvalue weighted by atomic mass is 16.2. The number of carbonyl (C=O) groups excluding carboxylic acids is 2. The highest BCUT2D eigenvalue weighted by Crippen LogP contribution is 2.32. The molecule has 110 valence electrons. The second-order valence-corrected chi connectivity index (χ2v) is 5.91. The summed E-state index contributed by atoms with van der Waals surface area (Å²) >= 11 is 0. The molecule has 2 fully saturated rings. The molecule has 1 atom stereocenters. The van der Waals surface area contributed by atoms with E-state index in [2.05, 4.69) is 11.2 Å². The molecule has 0 aromatic heterocycles. The lowest BCUT2D eigenvalue weighted by Crippen LogP contribution is -2.59. The number of nitrogens with one attached hydrogen (secondary N) is 1. The zero-order valence-corrected chi connectivity index (χ0v) is 12.3. The van der Waals surface area contributed by atoms with Crippen LogP contribution in [-0.4, -0.2) is 34.8 Å². The summed E-state index contributed by atoms with van der Waals surface area (Å²) < 4.78 is 0. The van der Waals surface area contributed by atoms with Crippen molar-refractivity contribution in [1.29, 1.82) is 0 Å². The van der Waals surface area contributed by atoms with Gasteiger partial charge in [0.15, 0.2) is 0 Å². The van der Waals surface area contributed by atoms with Crippen LogP contribution >= 0.6 is 0 Å². The topological polar surface area (TPSA) is 49.4 Å². The first-order valence-corrected chi connectivity index (χ1v) is 7.68. The molecule has 1 aliphatic carbocycles. The zero-order chi connectivity index (χ0) is 14.6. The molecule has 1 spiro atoms. The third kappa shape index (κ3) is 2.82. The van der Waals surface area contributed by atoms with Crippen molar-refractivity contribution in [3.05, 3.63) is 0 Å². The summed E-state index contributed by atoms with van der Waals surface area (Å²) in [5.74, 6) is 2.75. The van der Waals surface area contributed by atoms with E-state index in [0.717, 1.165) is 38.5 Å². The average molecular weight is 276 g/mol. The van der Waals surface area contributed by atoms with Crippen molar-refractivity contribution < 1.29 is 9.59 Å². The summed E-state index contributed by atoms with van der Waals surface area (Å²) in [6, 6.07) is 0.0546. The van der Waals surface area contributed by atoms with E-state index in [4.69, 9.17) is 6.42 Å². The van der Waals surface area contributed by atoms with Gasteiger partial charge in [0.05, 0.1) is 0 Å². The normalized spacial score (nSPS) is 23.9. The van der Waals surface area contributed by atoms with Gasteiger partial charge in [-0.1, -0.05) is 26.2 Å². The second-order valence-electron chi connectivity index (χ2n) is 5.91. The molecule has 1 unspecified atom stereocenters. The molecule has 1 heterocycles. The van der Waals surface area contributed by atoms with E-state index in [1.807, 2.05) is 11.8 Å². The molecule has 0 aromatic carbocycles. The molecule has 20 heavy (non-hydrogen) atoms. The van der Waals surface area contributed by atoms with Crippen LogP contribution in [0.2, 0.25) is 0 Å². The van der Waals surface area contributed by atoms with E-state index in [1.54, 1.807) is 0 Å². The van der Waals surface area contributed by atoms with E-state index >= 15 is 0 Å². The Labute approximate surface area is 121 Å². The Kier molecular flexibility index (Phi) is 4.69. The van der Waals surface area contributed by atoms with Gasteiger partial charge in [0.25, 0.3) is 0 Å². The number of nitrogens with zero attached hydrogens (tertiary/aromatic N) is 1. The minimum atomic E-state index is -0.659. The number of rotatable bonds is 3. The summed E-state index contributed by atoms with van der Waals surface area (Å²) in [5, 5.41) is 3.01. The molecule has 0 radical (unpaired) electrons. The Hall–Kier alpha value is -1.50. The Morgan fingerprint density at radius 1 is 1.35 bits per heavy atom. The predicted molar refractivity (Wildman–Crippen MR) is 77.8 cm³/mol. The Morgan fingerprint density at radius 2 is 2.05 bits per heavy atom. The van der Waals surface area contributed by atoms with Crippen LogP contribution in [0.1, 0.15) is 58.3 Å². The van der Waals surface area contributed by atoms with Crippen molar-refractivity contribution in [2.75, 3.05) is 6.54 Å². The van der Waals surface area contributed by atoms with Crippen molar-refractivity contribution in [3.63, 3.8) is 0 Å². The van der Waals surface area contributed by atoms with E-state index in [1.165, 1.54) is 0 Å². The lowest BCUT2D eigenvalue weighted by Gasteiger charge is -2.40. The van der Waals surface area contributed by atoms with Gasteiger partial charge in [-0.05, 0) is 19.3 Å². The van der Waals surface area contributed by atoms with Crippen molar-refractivity contribution in [1.82, 2.24) is 10.2 Å². The smallest absolute Gasteiger partial charge is 0.248 e. The van der Waals surface area contributed by atoms with Gasteiger partial charge in [0, 0.05) is 25.4 Å². The summed E-state index contributed by atoms with van der Waals surface area (Å²) in [7, 11) is 0. The molecule has 1 N–H and O–H groups in total. The molecule has 0 aromatic rings. The molecule has 4 nitrogen and oxygen atoms in total. The quantitative estimate of drug-likeness (QED) is 0.800. The molecular weight excluding hydrogens is 252 g/mol. The van der Waals surface area contributed by atoms with Gasteiger partial charge in [0.2, 0.25) is 11.8 Å². The molecule has 2 aliphatic rings. The maximum atomic E-state index is 13.0. The molecule has 1 aliphatic heterocycles. The van der Waals surface area contributed by atoms with Gasteiger partial charge in [0.1, 0.15) is 5.54 Å². The monoisotopic (exact) mass is 276 g/mol. The maximum Gasteiger partial charge on any atom is 0.248 e. The first-order valence-electron chi connectivity index (χ1n) is 7.68. The van der Waals surface area contributed by atoms with Crippen LogP contribution < -0.4 is 5.32 Å². The average Bonchev–Trinajstić information content (AvgIpc) is 2.56. The number of hydrogen-bond donors (Lipinski definition) is 1. The van der Waals surface area contributed by atoms with Crippen LogP contribution in [0.3, 0.4) is 0 Å². The molecule has 2 amide bonds. The minimum Gasteiger partial charge on any atom is -0.342 e. The number of terminal acetylenes is 1. The largest absolute Gasteiger partial charge is 0.342 e. The molecule has 0 bridgehead atoms. The van der Waals surface area contributed by atoms with Crippen LogP contribution in [-0.2, 0) is 9.59 Å². The van der Waals surface area contributed by atoms with Crippen molar-refractivity contribution in [2.24, 2.45) is 0 Å². The first-order chi connectivity index (χ1) is 9.63. The van der Waals surface area contributed by atoms with Crippen molar-refractivity contribution >= 4 is 11.8 Å². The molecule has 1 saturated carbocycles. The summed E-state index contributed by atoms with van der Waals surface area (Å²) in [6.07, 6.45) is 11.9. The third-order valence-corrected chi connectivity index (χ3v) is 4.60. The summed E-state index contributed by atoms with van der Waals surface area (Å²) in [5.41, 5.74) is -0.659. The standard InChI is InChI=1S/C16H24N2O2/c1-3-8-13(4-2)18-12-9-14(19)17-16(15(18)20)10-6-5-7-11-16/h1,13H,4-12H2,2H3,(H,17,19). The fourth-order valence-corrected chi connectivity index (χ4v) is 3.43. The van der Waals surface area contributed by atoms with Crippen molar-refractivity contribution in [3.8, 4) is 12.3 Å². The second kappa shape index (κ2) is 6.30. The predicted octanol–water partition coefficient (Wildman–Crippen LogP) is 1.84. The van der Waals surface area contributed by atoms with E-state index < -0.39 is 5.54 Å². The van der Waals surface area contributed by atoms with Gasteiger partial charge in [-0.15, -0.1) is 12.3 Å². The van der Waals surface area contributed by atoms with Crippen LogP contribution in [0.5, 0.6) is 0 Å². The molecular formula is C16H24N2O2. The van der Waals surface area contributed by atoms with Crippen LogP contribution in [0, 0.1) is 12.3 Å². The molecule has 2 rings (SSSR count). The Balaban J connectivity index is 2.26. The summed E-state index contributed by atoms with van der Waals surface area (Å²) in [4.78, 5) is 26.8. The maximum absolute atomic E-state index is 13.0. The highest BCUT2D eigenvalue weighted by Gasteiger charge is 2.46. The lowest BCUT2D eigenvalue weighted by atomic mass is 9.80. The van der Waals surface area contributed by atoms with Crippen LogP contribution in [0.25, 0.3) is 0 Å².